The van der Waals surface area contributed by atoms with Gasteiger partial charge in [0.25, 0.3) is 0 Å². The highest BCUT2D eigenvalue weighted by Gasteiger charge is 2.26. The molecule has 0 radical (unpaired) electrons. The highest BCUT2D eigenvalue weighted by atomic mass is 79.9. The molecule has 1 atom stereocenters. The van der Waals surface area contributed by atoms with E-state index in [2.05, 4.69) is 27.3 Å². The average Bonchev–Trinajstić information content (AvgIpc) is 2.78. The number of benzene rings is 1. The second kappa shape index (κ2) is 4.26. The maximum Gasteiger partial charge on any atom is 0.231 e. The minimum Gasteiger partial charge on any atom is -0.454 e. The van der Waals surface area contributed by atoms with Crippen LogP contribution in [0.4, 0.5) is 0 Å². The first kappa shape index (κ1) is 10.4. The van der Waals surface area contributed by atoms with E-state index >= 15 is 0 Å². The maximum absolute atomic E-state index is 5.58. The molecule has 1 N–H and O–H groups in total. The third kappa shape index (κ3) is 1.70. The number of halogens is 1. The molecule has 0 bridgehead atoms. The maximum atomic E-state index is 5.58. The zero-order valence-electron chi connectivity index (χ0n) is 8.96. The molecular weight excluding hydrogens is 270 g/mol. The summed E-state index contributed by atoms with van der Waals surface area (Å²) in [4.78, 5) is 0. The molecule has 0 aliphatic carbocycles. The first-order valence-corrected chi connectivity index (χ1v) is 6.44. The fraction of sp³-hybridized carbons (Fsp3) is 0.500. The van der Waals surface area contributed by atoms with Gasteiger partial charge in [0.1, 0.15) is 0 Å². The van der Waals surface area contributed by atoms with Crippen molar-refractivity contribution in [3.8, 4) is 11.5 Å². The molecule has 3 nitrogen and oxygen atoms in total. The zero-order valence-corrected chi connectivity index (χ0v) is 10.5. The van der Waals surface area contributed by atoms with Gasteiger partial charge in [-0.3, -0.25) is 0 Å². The summed E-state index contributed by atoms with van der Waals surface area (Å²) in [6.07, 6.45) is 2.44. The molecule has 1 aromatic carbocycles. The minimum atomic E-state index is 0.346. The predicted octanol–water partition coefficient (Wildman–Crippen LogP) is 2.64. The molecule has 0 spiro atoms. The lowest BCUT2D eigenvalue weighted by molar-refractivity contribution is 0.172. The van der Waals surface area contributed by atoms with Gasteiger partial charge in [-0.05, 0) is 31.5 Å². The Bertz CT molecular complexity index is 402. The topological polar surface area (TPSA) is 30.5 Å². The summed E-state index contributed by atoms with van der Waals surface area (Å²) in [5, 5.41) is 3.43. The Morgan fingerprint density at radius 3 is 3.06 bits per heavy atom. The van der Waals surface area contributed by atoms with Crippen molar-refractivity contribution in [1.29, 1.82) is 0 Å². The van der Waals surface area contributed by atoms with Crippen molar-refractivity contribution in [2.24, 2.45) is 0 Å². The van der Waals surface area contributed by atoms with Gasteiger partial charge in [-0.1, -0.05) is 15.9 Å². The third-order valence-corrected chi connectivity index (χ3v) is 3.92. The first-order valence-electron chi connectivity index (χ1n) is 5.65. The van der Waals surface area contributed by atoms with Crippen LogP contribution in [0.25, 0.3) is 0 Å². The van der Waals surface area contributed by atoms with Crippen LogP contribution < -0.4 is 14.8 Å². The number of hydrogen-bond acceptors (Lipinski definition) is 3. The third-order valence-electron chi connectivity index (χ3n) is 3.23. The Kier molecular flexibility index (Phi) is 2.77. The van der Waals surface area contributed by atoms with Crippen molar-refractivity contribution in [3.63, 3.8) is 0 Å². The van der Waals surface area contributed by atoms with Crippen LogP contribution in [0.3, 0.4) is 0 Å². The molecule has 1 aromatic rings. The molecule has 0 saturated carbocycles. The van der Waals surface area contributed by atoms with Gasteiger partial charge in [0.05, 0.1) is 0 Å². The Labute approximate surface area is 103 Å². The fourth-order valence-electron chi connectivity index (χ4n) is 2.45. The van der Waals surface area contributed by atoms with Gasteiger partial charge in [0.2, 0.25) is 6.79 Å². The summed E-state index contributed by atoms with van der Waals surface area (Å²) >= 11 is 3.62. The summed E-state index contributed by atoms with van der Waals surface area (Å²) in [5.41, 5.74) is 1.27. The SMILES string of the molecule is Brc1ccc2c(c1C1CCCNC1)OCO2. The number of hydrogen-bond donors (Lipinski definition) is 1. The van der Waals surface area contributed by atoms with E-state index in [-0.39, 0.29) is 0 Å². The van der Waals surface area contributed by atoms with Crippen LogP contribution in [0.5, 0.6) is 11.5 Å². The summed E-state index contributed by atoms with van der Waals surface area (Å²) in [6, 6.07) is 4.02. The second-order valence-electron chi connectivity index (χ2n) is 4.24. The summed E-state index contributed by atoms with van der Waals surface area (Å²) in [5.74, 6) is 2.34. The molecule has 0 amide bonds. The first-order chi connectivity index (χ1) is 7.86. The molecule has 3 rings (SSSR count). The van der Waals surface area contributed by atoms with Crippen LogP contribution in [0.1, 0.15) is 24.3 Å². The van der Waals surface area contributed by atoms with E-state index in [1.54, 1.807) is 0 Å². The van der Waals surface area contributed by atoms with Crippen molar-refractivity contribution in [2.75, 3.05) is 19.9 Å². The number of piperidine rings is 1. The normalized spacial score (nSPS) is 23.4. The lowest BCUT2D eigenvalue weighted by atomic mass is 9.91. The van der Waals surface area contributed by atoms with Crippen LogP contribution in [0, 0.1) is 0 Å². The van der Waals surface area contributed by atoms with Gasteiger partial charge < -0.3 is 14.8 Å². The molecular formula is C12H14BrNO2. The van der Waals surface area contributed by atoms with Gasteiger partial charge in [0.15, 0.2) is 11.5 Å². The number of rotatable bonds is 1. The molecule has 4 heteroatoms. The quantitative estimate of drug-likeness (QED) is 0.860. The molecule has 2 aliphatic heterocycles. The fourth-order valence-corrected chi connectivity index (χ4v) is 3.08. The Morgan fingerprint density at radius 2 is 2.25 bits per heavy atom. The van der Waals surface area contributed by atoms with Crippen molar-refractivity contribution in [2.45, 2.75) is 18.8 Å². The highest BCUT2D eigenvalue weighted by Crippen LogP contribution is 2.44. The molecule has 1 fully saturated rings. The van der Waals surface area contributed by atoms with E-state index in [1.165, 1.54) is 18.4 Å². The van der Waals surface area contributed by atoms with E-state index in [1.807, 2.05) is 6.07 Å². The Hall–Kier alpha value is -0.740. The molecule has 0 aromatic heterocycles. The van der Waals surface area contributed by atoms with E-state index in [0.717, 1.165) is 29.1 Å². The Balaban J connectivity index is 2.01. The molecule has 86 valence electrons. The van der Waals surface area contributed by atoms with Gasteiger partial charge in [0, 0.05) is 22.5 Å². The van der Waals surface area contributed by atoms with Crippen molar-refractivity contribution >= 4 is 15.9 Å². The highest BCUT2D eigenvalue weighted by molar-refractivity contribution is 9.10. The number of fused-ring (bicyclic) bond motifs is 1. The Morgan fingerprint density at radius 1 is 1.31 bits per heavy atom. The largest absolute Gasteiger partial charge is 0.454 e. The molecule has 1 unspecified atom stereocenters. The number of nitrogens with one attached hydrogen (secondary N) is 1. The van der Waals surface area contributed by atoms with Crippen molar-refractivity contribution in [1.82, 2.24) is 5.32 Å². The summed E-state index contributed by atoms with van der Waals surface area (Å²) in [6.45, 7) is 2.50. The van der Waals surface area contributed by atoms with E-state index in [4.69, 9.17) is 9.47 Å². The van der Waals surface area contributed by atoms with Crippen LogP contribution in [0.15, 0.2) is 16.6 Å². The van der Waals surface area contributed by atoms with Crippen LogP contribution in [-0.2, 0) is 0 Å². The standard InChI is InChI=1S/C12H14BrNO2/c13-9-3-4-10-12(16-7-15-10)11(9)8-2-1-5-14-6-8/h3-4,8,14H,1-2,5-7H2. The van der Waals surface area contributed by atoms with E-state index in [9.17, 15) is 0 Å². The van der Waals surface area contributed by atoms with Crippen LogP contribution in [-0.4, -0.2) is 19.9 Å². The molecule has 2 aliphatic rings. The average molecular weight is 284 g/mol. The van der Waals surface area contributed by atoms with Crippen molar-refractivity contribution in [3.05, 3.63) is 22.2 Å². The number of ether oxygens (including phenoxy) is 2. The lowest BCUT2D eigenvalue weighted by Crippen LogP contribution is -2.28. The summed E-state index contributed by atoms with van der Waals surface area (Å²) in [7, 11) is 0. The van der Waals surface area contributed by atoms with E-state index < -0.39 is 0 Å². The van der Waals surface area contributed by atoms with Crippen LogP contribution in [0.2, 0.25) is 0 Å². The smallest absolute Gasteiger partial charge is 0.231 e. The molecule has 1 saturated heterocycles. The lowest BCUT2D eigenvalue weighted by Gasteiger charge is -2.25. The molecule has 16 heavy (non-hydrogen) atoms. The minimum absolute atomic E-state index is 0.346. The summed E-state index contributed by atoms with van der Waals surface area (Å²) < 4.78 is 12.1. The van der Waals surface area contributed by atoms with Gasteiger partial charge in [-0.15, -0.1) is 0 Å². The van der Waals surface area contributed by atoms with Crippen LogP contribution >= 0.6 is 15.9 Å². The monoisotopic (exact) mass is 283 g/mol. The predicted molar refractivity (Wildman–Crippen MR) is 65.1 cm³/mol. The van der Waals surface area contributed by atoms with Gasteiger partial charge in [-0.2, -0.15) is 0 Å². The zero-order chi connectivity index (χ0) is 11.0. The van der Waals surface area contributed by atoms with Gasteiger partial charge in [-0.25, -0.2) is 0 Å². The van der Waals surface area contributed by atoms with Gasteiger partial charge >= 0.3 is 0 Å². The second-order valence-corrected chi connectivity index (χ2v) is 5.09. The molecule has 2 heterocycles. The van der Waals surface area contributed by atoms with Crippen molar-refractivity contribution < 1.29 is 9.47 Å². The van der Waals surface area contributed by atoms with E-state index in [0.29, 0.717) is 12.7 Å².